The molecular weight excluding hydrogens is 242 g/mol. The third-order valence-electron chi connectivity index (χ3n) is 1.60. The summed E-state index contributed by atoms with van der Waals surface area (Å²) in [5, 5.41) is 10.6. The molecule has 1 rings (SSSR count). The molecule has 0 aliphatic heterocycles. The van der Waals surface area contributed by atoms with Crippen molar-refractivity contribution in [2.24, 2.45) is 6.26 Å². The van der Waals surface area contributed by atoms with Crippen LogP contribution in [0.5, 0.6) is 0 Å². The van der Waals surface area contributed by atoms with E-state index in [9.17, 15) is 9.90 Å². The fraction of sp³-hybridized carbons (Fsp3) is 0.429. The highest BCUT2D eigenvalue weighted by molar-refractivity contribution is 9.11. The number of aromatic carboxylic acids is 1. The van der Waals surface area contributed by atoms with Gasteiger partial charge in [-0.25, -0.2) is 0 Å². The summed E-state index contributed by atoms with van der Waals surface area (Å²) in [6, 6.07) is 0. The Morgan fingerprint density at radius 2 is 2.33 bits per heavy atom. The van der Waals surface area contributed by atoms with Gasteiger partial charge in [0, 0.05) is 32.8 Å². The van der Waals surface area contributed by atoms with Crippen molar-refractivity contribution in [3.63, 3.8) is 0 Å². The highest BCUT2D eigenvalue weighted by Gasteiger charge is 2.22. The summed E-state index contributed by atoms with van der Waals surface area (Å²) in [5.41, 5.74) is 0.107. The van der Waals surface area contributed by atoms with Crippen molar-refractivity contribution in [2.45, 2.75) is 13.3 Å². The number of carbonyl (C=O) groups is 1. The molecule has 0 saturated heterocycles. The summed E-state index contributed by atoms with van der Waals surface area (Å²) in [6.45, 7) is 1.92. The molecule has 0 fully saturated rings. The lowest BCUT2D eigenvalue weighted by Crippen LogP contribution is -2.23. The van der Waals surface area contributed by atoms with Gasteiger partial charge in [-0.05, 0) is 0 Å². The molecule has 1 unspecified atom stereocenters. The molecule has 0 aromatic carbocycles. The van der Waals surface area contributed by atoms with Gasteiger partial charge in [-0.2, -0.15) is 4.98 Å². The maximum absolute atomic E-state index is 10.6. The number of rotatable bonds is 2. The lowest BCUT2D eigenvalue weighted by atomic mass is 10.3. The zero-order valence-electron chi connectivity index (χ0n) is 6.76. The van der Waals surface area contributed by atoms with Crippen LogP contribution in [0.25, 0.3) is 0 Å². The Morgan fingerprint density at radius 3 is 2.67 bits per heavy atom. The highest BCUT2D eigenvalue weighted by Crippen LogP contribution is 2.33. The van der Waals surface area contributed by atoms with Crippen LogP contribution in [0.2, 0.25) is 0 Å². The van der Waals surface area contributed by atoms with E-state index in [0.29, 0.717) is 10.3 Å². The largest absolute Gasteiger partial charge is 0.543 e. The molecule has 0 N–H and O–H groups in total. The average Bonchev–Trinajstić information content (AvgIpc) is 2.29. The van der Waals surface area contributed by atoms with E-state index in [1.807, 2.05) is 13.2 Å². The Labute approximate surface area is 81.5 Å². The molecular formula is C7H8BrNO2S. The zero-order valence-corrected chi connectivity index (χ0v) is 9.16. The van der Waals surface area contributed by atoms with Gasteiger partial charge >= 0.3 is 3.92 Å². The molecule has 12 heavy (non-hydrogen) atoms. The number of carboxylic acids is 1. The van der Waals surface area contributed by atoms with Crippen LogP contribution in [0.15, 0.2) is 3.92 Å². The van der Waals surface area contributed by atoms with E-state index < -0.39 is 5.97 Å². The average molecular weight is 250 g/mol. The van der Waals surface area contributed by atoms with Crippen molar-refractivity contribution >= 4 is 32.4 Å². The maximum Gasteiger partial charge on any atom is 0.310 e. The van der Waals surface area contributed by atoms with Gasteiger partial charge in [-0.3, -0.25) is 0 Å². The molecule has 0 amide bonds. The Balaban J connectivity index is 3.29. The van der Waals surface area contributed by atoms with Gasteiger partial charge in [0.05, 0.1) is 5.97 Å². The predicted molar refractivity (Wildman–Crippen MR) is 49.1 cm³/mol. The lowest BCUT2D eigenvalue weighted by Gasteiger charge is -1.94. The number of hydrogen-bond donors (Lipinski definition) is 0. The molecule has 1 aromatic rings. The minimum atomic E-state index is -1.18. The van der Waals surface area contributed by atoms with E-state index in [-0.39, 0.29) is 16.2 Å². The van der Waals surface area contributed by atoms with Crippen molar-refractivity contribution in [3.8, 4) is 0 Å². The summed E-state index contributed by atoms with van der Waals surface area (Å²) in [5.74, 6) is -1.18. The molecule has 1 aromatic heterocycles. The molecule has 0 aliphatic carbocycles. The number of carboxylic acid groups (broad SMARTS) is 1. The van der Waals surface area contributed by atoms with Gasteiger partial charge < -0.3 is 9.90 Å². The van der Waals surface area contributed by atoms with Gasteiger partial charge in [0.2, 0.25) is 0 Å². The van der Waals surface area contributed by atoms with E-state index in [0.717, 1.165) is 4.88 Å². The van der Waals surface area contributed by atoms with Crippen molar-refractivity contribution in [3.05, 3.63) is 14.5 Å². The summed E-state index contributed by atoms with van der Waals surface area (Å²) >= 11 is 3.22. The second kappa shape index (κ2) is 3.53. The Kier molecular flexibility index (Phi) is 2.85. The second-order valence-electron chi connectivity index (χ2n) is 2.29. The number of halogens is 1. The lowest BCUT2D eigenvalue weighted by molar-refractivity contribution is -0.255. The summed E-state index contributed by atoms with van der Waals surface area (Å²) in [7, 11) is -0.181. The van der Waals surface area contributed by atoms with Crippen LogP contribution in [0.3, 0.4) is 0 Å². The van der Waals surface area contributed by atoms with Crippen LogP contribution in [0.4, 0.5) is 0 Å². The first-order chi connectivity index (χ1) is 5.57. The van der Waals surface area contributed by atoms with Gasteiger partial charge in [0.1, 0.15) is 11.9 Å². The number of carbonyl (C=O) groups excluding carboxylic acids is 1. The molecule has 0 bridgehead atoms. The number of thiazole rings is 1. The molecule has 0 radical (unpaired) electrons. The molecule has 0 spiro atoms. The van der Waals surface area contributed by atoms with Crippen LogP contribution in [0.1, 0.15) is 22.3 Å². The van der Waals surface area contributed by atoms with E-state index in [1.54, 1.807) is 0 Å². The fourth-order valence-corrected chi connectivity index (χ4v) is 3.06. The number of aromatic nitrogens is 1. The van der Waals surface area contributed by atoms with Crippen molar-refractivity contribution in [1.29, 1.82) is 0 Å². The van der Waals surface area contributed by atoms with Gasteiger partial charge in [-0.1, -0.05) is 6.92 Å². The van der Waals surface area contributed by atoms with Gasteiger partial charge in [-0.15, -0.1) is 0 Å². The summed E-state index contributed by atoms with van der Waals surface area (Å²) < 4.78 is 0.707. The molecule has 5 heteroatoms. The van der Waals surface area contributed by atoms with Crippen LogP contribution in [-0.4, -0.2) is 11.0 Å². The van der Waals surface area contributed by atoms with E-state index in [2.05, 4.69) is 20.9 Å². The normalized spacial score (nSPS) is 11.8. The van der Waals surface area contributed by atoms with E-state index >= 15 is 0 Å². The molecule has 3 nitrogen and oxygen atoms in total. The first-order valence-electron chi connectivity index (χ1n) is 3.42. The molecule has 1 atom stereocenters. The van der Waals surface area contributed by atoms with Crippen LogP contribution in [-0.2, 0) is 12.7 Å². The molecule has 0 aliphatic rings. The molecule has 0 saturated carbocycles. The zero-order chi connectivity index (χ0) is 9.30. The predicted octanol–water partition coefficient (Wildman–Crippen LogP) is 1.06. The quantitative estimate of drug-likeness (QED) is 0.737. The summed E-state index contributed by atoms with van der Waals surface area (Å²) in [4.78, 5) is 15.3. The Morgan fingerprint density at radius 1 is 1.75 bits per heavy atom. The smallest absolute Gasteiger partial charge is 0.310 e. The van der Waals surface area contributed by atoms with Crippen LogP contribution >= 0.6 is 26.4 Å². The first kappa shape index (κ1) is 9.67. The second-order valence-corrected chi connectivity index (χ2v) is 5.46. The van der Waals surface area contributed by atoms with Crippen LogP contribution in [0, 0.1) is 0 Å². The van der Waals surface area contributed by atoms with Crippen molar-refractivity contribution in [1.82, 2.24) is 4.98 Å². The van der Waals surface area contributed by atoms with Crippen molar-refractivity contribution < 1.29 is 9.90 Å². The minimum absolute atomic E-state index is 0.107. The first-order valence-corrected chi connectivity index (χ1v) is 5.85. The minimum Gasteiger partial charge on any atom is -0.543 e. The molecule has 66 valence electrons. The summed E-state index contributed by atoms with van der Waals surface area (Å²) in [6.07, 6.45) is 2.66. The Hall–Kier alpha value is -0.420. The monoisotopic (exact) mass is 249 g/mol. The highest BCUT2D eigenvalue weighted by atomic mass is 79.9. The molecule has 1 heterocycles. The number of nitrogens with zero attached hydrogens (tertiary/aromatic N) is 1. The SMILES string of the molecule is CCc1c(C(=O)[O-])nc(Br)[s+]1C. The Bertz CT molecular complexity index is 321. The third kappa shape index (κ3) is 1.51. The van der Waals surface area contributed by atoms with Crippen LogP contribution < -0.4 is 5.11 Å². The van der Waals surface area contributed by atoms with Gasteiger partial charge in [0.25, 0.3) is 0 Å². The fourth-order valence-electron chi connectivity index (χ4n) is 1.01. The topological polar surface area (TPSA) is 53.0 Å². The van der Waals surface area contributed by atoms with Crippen molar-refractivity contribution in [2.75, 3.05) is 0 Å². The van der Waals surface area contributed by atoms with E-state index in [1.165, 1.54) is 0 Å². The third-order valence-corrected chi connectivity index (χ3v) is 5.05. The van der Waals surface area contributed by atoms with E-state index in [4.69, 9.17) is 0 Å². The van der Waals surface area contributed by atoms with Gasteiger partial charge in [0.15, 0.2) is 4.88 Å². The maximum atomic E-state index is 10.6. The number of hydrogen-bond acceptors (Lipinski definition) is 3. The standard InChI is InChI=1S/C7H8BrNO2S/c1-3-4-5(6(10)11)9-7(8)12(4)2/h3H2,1-2H3.